The number of imide groups is 1. The lowest BCUT2D eigenvalue weighted by Crippen LogP contribution is -2.33. The van der Waals surface area contributed by atoms with Crippen molar-refractivity contribution in [2.75, 3.05) is 9.80 Å². The van der Waals surface area contributed by atoms with Crippen molar-refractivity contribution >= 4 is 39.2 Å². The molecule has 23 heavy (non-hydrogen) atoms. The van der Waals surface area contributed by atoms with Crippen LogP contribution < -0.4 is 9.80 Å². The van der Waals surface area contributed by atoms with E-state index in [1.165, 1.54) is 9.80 Å². The molecule has 1 saturated heterocycles. The molecular weight excluding hydrogens is 358 g/mol. The Bertz CT molecular complexity index is 809. The Morgan fingerprint density at radius 2 is 1.57 bits per heavy atom. The van der Waals surface area contributed by atoms with Gasteiger partial charge in [0.2, 0.25) is 0 Å². The molecule has 6 heteroatoms. The fourth-order valence-electron chi connectivity index (χ4n) is 2.52. The maximum atomic E-state index is 12.7. The van der Waals surface area contributed by atoms with Crippen LogP contribution in [0.4, 0.5) is 16.2 Å². The first-order valence-corrected chi connectivity index (χ1v) is 7.75. The van der Waals surface area contributed by atoms with Crippen molar-refractivity contribution in [1.29, 1.82) is 5.26 Å². The van der Waals surface area contributed by atoms with Gasteiger partial charge < -0.3 is 0 Å². The van der Waals surface area contributed by atoms with Gasteiger partial charge in [0, 0.05) is 10.2 Å². The van der Waals surface area contributed by atoms with Crippen molar-refractivity contribution in [2.24, 2.45) is 0 Å². The van der Waals surface area contributed by atoms with Crippen molar-refractivity contribution < 1.29 is 9.59 Å². The second-order valence-corrected chi connectivity index (χ2v) is 6.05. The van der Waals surface area contributed by atoms with Crippen molar-refractivity contribution in [3.8, 4) is 6.07 Å². The minimum Gasteiger partial charge on any atom is -0.281 e. The zero-order chi connectivity index (χ0) is 16.6. The van der Waals surface area contributed by atoms with E-state index in [0.717, 1.165) is 4.47 Å². The van der Waals surface area contributed by atoms with Gasteiger partial charge in [0.1, 0.15) is 6.04 Å². The second-order valence-electron chi connectivity index (χ2n) is 5.14. The third-order valence-electron chi connectivity index (χ3n) is 3.72. The molecule has 1 unspecified atom stereocenters. The number of urea groups is 1. The van der Waals surface area contributed by atoms with Gasteiger partial charge in [-0.15, -0.1) is 0 Å². The van der Waals surface area contributed by atoms with Gasteiger partial charge >= 0.3 is 6.03 Å². The SMILES string of the molecule is CC1C(=O)N(c2ccc(Br)cc2)C(=O)N1c1ccc(C#N)cc1. The Kier molecular flexibility index (Phi) is 3.89. The van der Waals surface area contributed by atoms with Crippen LogP contribution in [-0.4, -0.2) is 18.0 Å². The minimum atomic E-state index is -0.598. The molecule has 1 fully saturated rings. The molecule has 2 aromatic rings. The van der Waals surface area contributed by atoms with E-state index >= 15 is 0 Å². The lowest BCUT2D eigenvalue weighted by molar-refractivity contribution is -0.117. The summed E-state index contributed by atoms with van der Waals surface area (Å²) in [6, 6.07) is 14.6. The van der Waals surface area contributed by atoms with E-state index in [0.29, 0.717) is 16.9 Å². The molecule has 0 N–H and O–H groups in total. The first kappa shape index (κ1) is 15.3. The Balaban J connectivity index is 1.97. The summed E-state index contributed by atoms with van der Waals surface area (Å²) in [5, 5.41) is 8.86. The number of carbonyl (C=O) groups excluding carboxylic acids is 2. The highest BCUT2D eigenvalue weighted by atomic mass is 79.9. The molecule has 0 aliphatic carbocycles. The monoisotopic (exact) mass is 369 g/mol. The fraction of sp³-hybridized carbons (Fsp3) is 0.118. The van der Waals surface area contributed by atoms with E-state index in [9.17, 15) is 9.59 Å². The molecule has 114 valence electrons. The molecule has 3 amide bonds. The third kappa shape index (κ3) is 2.60. The van der Waals surface area contributed by atoms with E-state index < -0.39 is 12.1 Å². The molecular formula is C17H12BrN3O2. The summed E-state index contributed by atoms with van der Waals surface area (Å²) in [5.41, 5.74) is 1.63. The number of rotatable bonds is 2. The number of nitriles is 1. The Hall–Kier alpha value is -2.65. The molecule has 1 atom stereocenters. The number of hydrogen-bond donors (Lipinski definition) is 0. The molecule has 1 aliphatic heterocycles. The predicted octanol–water partition coefficient (Wildman–Crippen LogP) is 3.68. The number of nitrogens with zero attached hydrogens (tertiary/aromatic N) is 3. The van der Waals surface area contributed by atoms with Crippen LogP contribution in [0.3, 0.4) is 0 Å². The fourth-order valence-corrected chi connectivity index (χ4v) is 2.79. The normalized spacial score (nSPS) is 17.5. The average molecular weight is 370 g/mol. The van der Waals surface area contributed by atoms with Gasteiger partial charge in [0.05, 0.1) is 17.3 Å². The van der Waals surface area contributed by atoms with Crippen LogP contribution in [-0.2, 0) is 4.79 Å². The van der Waals surface area contributed by atoms with Crippen LogP contribution in [0.15, 0.2) is 53.0 Å². The van der Waals surface area contributed by atoms with Crippen LogP contribution in [0.5, 0.6) is 0 Å². The maximum absolute atomic E-state index is 12.7. The lowest BCUT2D eigenvalue weighted by atomic mass is 10.2. The third-order valence-corrected chi connectivity index (χ3v) is 4.25. The summed E-state index contributed by atoms with van der Waals surface area (Å²) in [6.07, 6.45) is 0. The molecule has 2 aromatic carbocycles. The summed E-state index contributed by atoms with van der Waals surface area (Å²) in [5.74, 6) is -0.276. The van der Waals surface area contributed by atoms with Gasteiger partial charge in [0.25, 0.3) is 5.91 Å². The van der Waals surface area contributed by atoms with E-state index in [4.69, 9.17) is 5.26 Å². The molecule has 0 aromatic heterocycles. The van der Waals surface area contributed by atoms with Crippen molar-refractivity contribution in [3.05, 3.63) is 58.6 Å². The van der Waals surface area contributed by atoms with Crippen LogP contribution >= 0.6 is 15.9 Å². The van der Waals surface area contributed by atoms with E-state index in [1.807, 2.05) is 6.07 Å². The van der Waals surface area contributed by atoms with Crippen LogP contribution in [0.25, 0.3) is 0 Å². The van der Waals surface area contributed by atoms with E-state index in [-0.39, 0.29) is 5.91 Å². The predicted molar refractivity (Wildman–Crippen MR) is 90.1 cm³/mol. The minimum absolute atomic E-state index is 0.276. The van der Waals surface area contributed by atoms with Gasteiger partial charge in [-0.2, -0.15) is 5.26 Å². The van der Waals surface area contributed by atoms with Crippen molar-refractivity contribution in [2.45, 2.75) is 13.0 Å². The Morgan fingerprint density at radius 3 is 2.13 bits per heavy atom. The van der Waals surface area contributed by atoms with E-state index in [2.05, 4.69) is 15.9 Å². The number of benzene rings is 2. The van der Waals surface area contributed by atoms with Gasteiger partial charge in [-0.05, 0) is 55.5 Å². The summed E-state index contributed by atoms with van der Waals surface area (Å²) >= 11 is 3.33. The largest absolute Gasteiger partial charge is 0.336 e. The quantitative estimate of drug-likeness (QED) is 0.758. The maximum Gasteiger partial charge on any atom is 0.336 e. The van der Waals surface area contributed by atoms with Crippen LogP contribution in [0, 0.1) is 11.3 Å². The molecule has 0 bridgehead atoms. The molecule has 0 saturated carbocycles. The molecule has 3 rings (SSSR count). The summed E-state index contributed by atoms with van der Waals surface area (Å²) in [7, 11) is 0. The lowest BCUT2D eigenvalue weighted by Gasteiger charge is -2.19. The van der Waals surface area contributed by atoms with Gasteiger partial charge in [-0.1, -0.05) is 15.9 Å². The molecule has 0 spiro atoms. The molecule has 5 nitrogen and oxygen atoms in total. The zero-order valence-electron chi connectivity index (χ0n) is 12.2. The number of anilines is 2. The Labute approximate surface area is 141 Å². The number of hydrogen-bond acceptors (Lipinski definition) is 3. The number of carbonyl (C=O) groups is 2. The molecule has 1 heterocycles. The standard InChI is InChI=1S/C17H12BrN3O2/c1-11-16(22)21(15-8-4-13(18)5-9-15)17(23)20(11)14-6-2-12(10-19)3-7-14/h2-9,11H,1H3. The topological polar surface area (TPSA) is 64.4 Å². The molecule has 0 radical (unpaired) electrons. The second kappa shape index (κ2) is 5.86. The average Bonchev–Trinajstić information content (AvgIpc) is 2.78. The van der Waals surface area contributed by atoms with Gasteiger partial charge in [-0.25, -0.2) is 9.69 Å². The zero-order valence-corrected chi connectivity index (χ0v) is 13.8. The summed E-state index contributed by atoms with van der Waals surface area (Å²) in [6.45, 7) is 1.69. The first-order valence-electron chi connectivity index (χ1n) is 6.96. The highest BCUT2D eigenvalue weighted by Gasteiger charge is 2.44. The van der Waals surface area contributed by atoms with Crippen molar-refractivity contribution in [1.82, 2.24) is 0 Å². The first-order chi connectivity index (χ1) is 11.0. The van der Waals surface area contributed by atoms with Crippen LogP contribution in [0.1, 0.15) is 12.5 Å². The summed E-state index contributed by atoms with van der Waals surface area (Å²) < 4.78 is 0.873. The van der Waals surface area contributed by atoms with Crippen LogP contribution in [0.2, 0.25) is 0 Å². The van der Waals surface area contributed by atoms with Gasteiger partial charge in [0.15, 0.2) is 0 Å². The van der Waals surface area contributed by atoms with E-state index in [1.54, 1.807) is 55.5 Å². The Morgan fingerprint density at radius 1 is 1.00 bits per heavy atom. The summed E-state index contributed by atoms with van der Waals surface area (Å²) in [4.78, 5) is 27.8. The van der Waals surface area contributed by atoms with Crippen molar-refractivity contribution in [3.63, 3.8) is 0 Å². The highest BCUT2D eigenvalue weighted by molar-refractivity contribution is 9.10. The van der Waals surface area contributed by atoms with Gasteiger partial charge in [-0.3, -0.25) is 9.69 Å². The number of amides is 3. The highest BCUT2D eigenvalue weighted by Crippen LogP contribution is 2.30. The number of halogens is 1. The molecule has 1 aliphatic rings. The smallest absolute Gasteiger partial charge is 0.281 e.